The smallest absolute Gasteiger partial charge is 0.351 e. The van der Waals surface area contributed by atoms with Gasteiger partial charge in [0.05, 0.1) is 12.1 Å². The Morgan fingerprint density at radius 3 is 2.78 bits per heavy atom. The highest BCUT2D eigenvalue weighted by Crippen LogP contribution is 2.23. The Morgan fingerprint density at radius 2 is 2.28 bits per heavy atom. The second-order valence-corrected chi connectivity index (χ2v) is 4.40. The number of halogens is 1. The predicted molar refractivity (Wildman–Crippen MR) is 73.2 cm³/mol. The first-order valence-electron chi connectivity index (χ1n) is 4.91. The average Bonchev–Trinajstić information content (AvgIpc) is 2.38. The molecule has 1 rings (SSSR count). The van der Waals surface area contributed by atoms with E-state index in [0.717, 1.165) is 0 Å². The number of carbonyl (C=O) groups excluding carboxylic acids is 1. The molecular formula is C12H11ClN2O2S. The topological polar surface area (TPSA) is 62.1 Å². The molecule has 0 bridgehead atoms. The van der Waals surface area contributed by atoms with Crippen LogP contribution in [0, 0.1) is 11.3 Å². The van der Waals surface area contributed by atoms with Gasteiger partial charge in [0.15, 0.2) is 5.57 Å². The molecule has 0 aliphatic carbocycles. The molecule has 0 aliphatic rings. The Bertz CT molecular complexity index is 523. The SMILES string of the molecule is COC(=O)/C(C#N)=C(/Nc1cccc(Cl)c1)SC. The van der Waals surface area contributed by atoms with Crippen molar-refractivity contribution in [3.05, 3.63) is 39.9 Å². The van der Waals surface area contributed by atoms with E-state index in [9.17, 15) is 4.79 Å². The summed E-state index contributed by atoms with van der Waals surface area (Å²) in [6, 6.07) is 8.82. The van der Waals surface area contributed by atoms with Crippen molar-refractivity contribution in [1.29, 1.82) is 5.26 Å². The number of hydrogen-bond donors (Lipinski definition) is 1. The molecule has 0 spiro atoms. The Kier molecular flexibility index (Phi) is 5.56. The van der Waals surface area contributed by atoms with Crippen LogP contribution in [0.4, 0.5) is 5.69 Å². The second-order valence-electron chi connectivity index (χ2n) is 3.15. The van der Waals surface area contributed by atoms with Crippen LogP contribution in [0.2, 0.25) is 5.02 Å². The molecule has 1 N–H and O–H groups in total. The van der Waals surface area contributed by atoms with Crippen LogP contribution in [0.5, 0.6) is 0 Å². The van der Waals surface area contributed by atoms with E-state index < -0.39 is 5.97 Å². The lowest BCUT2D eigenvalue weighted by molar-refractivity contribution is -0.135. The summed E-state index contributed by atoms with van der Waals surface area (Å²) in [6.45, 7) is 0. The first-order chi connectivity index (χ1) is 8.62. The Morgan fingerprint density at radius 1 is 1.56 bits per heavy atom. The average molecular weight is 283 g/mol. The maximum Gasteiger partial charge on any atom is 0.351 e. The fourth-order valence-corrected chi connectivity index (χ4v) is 1.95. The number of thioether (sulfide) groups is 1. The van der Waals surface area contributed by atoms with Crippen LogP contribution >= 0.6 is 23.4 Å². The monoisotopic (exact) mass is 282 g/mol. The summed E-state index contributed by atoms with van der Waals surface area (Å²) in [6.07, 6.45) is 1.76. The summed E-state index contributed by atoms with van der Waals surface area (Å²) >= 11 is 7.10. The number of benzene rings is 1. The molecule has 1 aromatic carbocycles. The number of esters is 1. The minimum absolute atomic E-state index is 0.0648. The number of hydrogen-bond acceptors (Lipinski definition) is 5. The van der Waals surface area contributed by atoms with Crippen molar-refractivity contribution < 1.29 is 9.53 Å². The highest BCUT2D eigenvalue weighted by Gasteiger charge is 2.15. The van der Waals surface area contributed by atoms with E-state index in [1.165, 1.54) is 18.9 Å². The predicted octanol–water partition coefficient (Wildman–Crippen LogP) is 3.02. The van der Waals surface area contributed by atoms with Gasteiger partial charge in [-0.2, -0.15) is 5.26 Å². The Balaban J connectivity index is 3.07. The summed E-state index contributed by atoms with van der Waals surface area (Å²) in [5.74, 6) is -0.670. The lowest BCUT2D eigenvalue weighted by atomic mass is 10.3. The summed E-state index contributed by atoms with van der Waals surface area (Å²) < 4.78 is 4.55. The molecule has 94 valence electrons. The minimum atomic E-state index is -0.670. The van der Waals surface area contributed by atoms with Crippen molar-refractivity contribution >= 4 is 35.0 Å². The van der Waals surface area contributed by atoms with Gasteiger partial charge >= 0.3 is 5.97 Å². The van der Waals surface area contributed by atoms with Crippen LogP contribution in [-0.4, -0.2) is 19.3 Å². The highest BCUT2D eigenvalue weighted by molar-refractivity contribution is 8.02. The van der Waals surface area contributed by atoms with Gasteiger partial charge in [0.2, 0.25) is 0 Å². The lowest BCUT2D eigenvalue weighted by Crippen LogP contribution is -2.09. The van der Waals surface area contributed by atoms with Crippen molar-refractivity contribution in [2.24, 2.45) is 0 Å². The third kappa shape index (κ3) is 3.69. The normalized spacial score (nSPS) is 11.2. The fraction of sp³-hybridized carbons (Fsp3) is 0.167. The maximum atomic E-state index is 11.4. The maximum absolute atomic E-state index is 11.4. The zero-order valence-corrected chi connectivity index (χ0v) is 11.4. The molecule has 0 saturated heterocycles. The molecule has 0 fully saturated rings. The molecule has 18 heavy (non-hydrogen) atoms. The number of nitriles is 1. The molecule has 0 saturated carbocycles. The zero-order chi connectivity index (χ0) is 13.5. The van der Waals surface area contributed by atoms with E-state index in [2.05, 4.69) is 10.1 Å². The molecule has 0 aromatic heterocycles. The van der Waals surface area contributed by atoms with Crippen molar-refractivity contribution in [3.8, 4) is 6.07 Å². The Labute approximate surface area is 115 Å². The van der Waals surface area contributed by atoms with Crippen molar-refractivity contribution in [1.82, 2.24) is 0 Å². The minimum Gasteiger partial charge on any atom is -0.465 e. The van der Waals surface area contributed by atoms with E-state index in [0.29, 0.717) is 15.7 Å². The largest absolute Gasteiger partial charge is 0.465 e. The number of anilines is 1. The van der Waals surface area contributed by atoms with Gasteiger partial charge in [0.25, 0.3) is 0 Å². The molecule has 0 amide bonds. The standard InChI is InChI=1S/C12H11ClN2O2S/c1-17-12(16)10(7-14)11(18-2)15-9-5-3-4-8(13)6-9/h3-6,15H,1-2H3/b11-10-. The number of ether oxygens (including phenoxy) is 1. The number of nitrogens with one attached hydrogen (secondary N) is 1. The van der Waals surface area contributed by atoms with Crippen LogP contribution in [-0.2, 0) is 9.53 Å². The molecule has 0 aliphatic heterocycles. The molecule has 0 unspecified atom stereocenters. The number of methoxy groups -OCH3 is 1. The van der Waals surface area contributed by atoms with E-state index in [-0.39, 0.29) is 5.57 Å². The first kappa shape index (κ1) is 14.4. The van der Waals surface area contributed by atoms with Gasteiger partial charge < -0.3 is 10.1 Å². The van der Waals surface area contributed by atoms with E-state index in [1.54, 1.807) is 30.5 Å². The van der Waals surface area contributed by atoms with E-state index >= 15 is 0 Å². The van der Waals surface area contributed by atoms with Gasteiger partial charge in [0.1, 0.15) is 6.07 Å². The summed E-state index contributed by atoms with van der Waals surface area (Å²) in [4.78, 5) is 11.4. The van der Waals surface area contributed by atoms with Gasteiger partial charge in [-0.05, 0) is 24.5 Å². The molecule has 0 atom stereocenters. The third-order valence-corrected chi connectivity index (χ3v) is 2.96. The van der Waals surface area contributed by atoms with Crippen molar-refractivity contribution in [3.63, 3.8) is 0 Å². The summed E-state index contributed by atoms with van der Waals surface area (Å²) in [5.41, 5.74) is 0.633. The third-order valence-electron chi connectivity index (χ3n) is 2.01. The van der Waals surface area contributed by atoms with Crippen LogP contribution in [0.1, 0.15) is 0 Å². The summed E-state index contributed by atoms with van der Waals surface area (Å²) in [5, 5.41) is 12.9. The van der Waals surface area contributed by atoms with Crippen LogP contribution < -0.4 is 5.32 Å². The van der Waals surface area contributed by atoms with Gasteiger partial charge in [-0.3, -0.25) is 0 Å². The first-order valence-corrected chi connectivity index (χ1v) is 6.52. The van der Waals surface area contributed by atoms with Gasteiger partial charge in [-0.25, -0.2) is 4.79 Å². The van der Waals surface area contributed by atoms with Crippen molar-refractivity contribution in [2.75, 3.05) is 18.7 Å². The highest BCUT2D eigenvalue weighted by atomic mass is 35.5. The Hall–Kier alpha value is -1.64. The fourth-order valence-electron chi connectivity index (χ4n) is 1.20. The molecule has 1 aromatic rings. The molecular weight excluding hydrogens is 272 g/mol. The number of rotatable bonds is 4. The van der Waals surface area contributed by atoms with Gasteiger partial charge in [0, 0.05) is 10.7 Å². The van der Waals surface area contributed by atoms with Crippen molar-refractivity contribution in [2.45, 2.75) is 0 Å². The molecule has 4 nitrogen and oxygen atoms in total. The van der Waals surface area contributed by atoms with Gasteiger partial charge in [-0.15, -0.1) is 11.8 Å². The number of carbonyl (C=O) groups is 1. The zero-order valence-electron chi connectivity index (χ0n) is 9.86. The van der Waals surface area contributed by atoms with Crippen LogP contribution in [0.3, 0.4) is 0 Å². The second kappa shape index (κ2) is 6.94. The van der Waals surface area contributed by atoms with Crippen LogP contribution in [0.25, 0.3) is 0 Å². The molecule has 0 heterocycles. The van der Waals surface area contributed by atoms with Crippen LogP contribution in [0.15, 0.2) is 34.9 Å². The van der Waals surface area contributed by atoms with E-state index in [4.69, 9.17) is 16.9 Å². The lowest BCUT2D eigenvalue weighted by Gasteiger charge is -2.10. The molecule has 0 radical (unpaired) electrons. The van der Waals surface area contributed by atoms with Gasteiger partial charge in [-0.1, -0.05) is 17.7 Å². The van der Waals surface area contributed by atoms with E-state index in [1.807, 2.05) is 6.07 Å². The molecule has 6 heteroatoms. The number of nitrogens with zero attached hydrogens (tertiary/aromatic N) is 1. The summed E-state index contributed by atoms with van der Waals surface area (Å²) in [7, 11) is 1.23. The quantitative estimate of drug-likeness (QED) is 0.522.